The quantitative estimate of drug-likeness (QED) is 0.863. The number of aryl methyl sites for hydroxylation is 1. The first-order valence-corrected chi connectivity index (χ1v) is 7.59. The second-order valence-electron chi connectivity index (χ2n) is 5.39. The lowest BCUT2D eigenvalue weighted by molar-refractivity contribution is -0.117. The van der Waals surface area contributed by atoms with Crippen LogP contribution < -0.4 is 10.6 Å². The third-order valence-corrected chi connectivity index (χ3v) is 4.90. The molecule has 1 saturated carbocycles. The fraction of sp³-hybridized carbons (Fsp3) is 0.692. The number of nitrogens with one attached hydrogen (secondary N) is 2. The largest absolute Gasteiger partial charge is 0.303 e. The summed E-state index contributed by atoms with van der Waals surface area (Å²) in [5.74, 6) is 0.784. The van der Waals surface area contributed by atoms with Crippen molar-refractivity contribution in [2.75, 3.05) is 5.32 Å². The maximum atomic E-state index is 12.2. The van der Waals surface area contributed by atoms with Gasteiger partial charge in [0.1, 0.15) is 0 Å². The van der Waals surface area contributed by atoms with Gasteiger partial charge in [-0.25, -0.2) is 4.98 Å². The third-order valence-electron chi connectivity index (χ3n) is 4.03. The second kappa shape index (κ2) is 4.97. The summed E-state index contributed by atoms with van der Waals surface area (Å²) in [6.07, 6.45) is 6.11. The molecule has 5 heteroatoms. The molecule has 0 aromatic carbocycles. The molecule has 4 nitrogen and oxygen atoms in total. The van der Waals surface area contributed by atoms with Crippen molar-refractivity contribution in [2.24, 2.45) is 5.92 Å². The van der Waals surface area contributed by atoms with E-state index in [1.54, 1.807) is 0 Å². The molecule has 1 aromatic rings. The number of anilines is 1. The molecule has 2 N–H and O–H groups in total. The number of carbonyl (C=O) groups excluding carboxylic acids is 1. The zero-order valence-electron chi connectivity index (χ0n) is 10.6. The molecule has 1 aliphatic heterocycles. The highest BCUT2D eigenvalue weighted by Crippen LogP contribution is 2.33. The van der Waals surface area contributed by atoms with Crippen LogP contribution in [0, 0.1) is 12.8 Å². The summed E-state index contributed by atoms with van der Waals surface area (Å²) < 4.78 is 0. The normalized spacial score (nSPS) is 31.1. The van der Waals surface area contributed by atoms with E-state index < -0.39 is 0 Å². The van der Waals surface area contributed by atoms with Crippen LogP contribution in [0.5, 0.6) is 0 Å². The van der Waals surface area contributed by atoms with Gasteiger partial charge in [-0.05, 0) is 32.1 Å². The molecule has 0 radical (unpaired) electrons. The van der Waals surface area contributed by atoms with E-state index in [2.05, 4.69) is 15.6 Å². The molecule has 3 unspecified atom stereocenters. The van der Waals surface area contributed by atoms with E-state index >= 15 is 0 Å². The Morgan fingerprint density at radius 3 is 3.06 bits per heavy atom. The van der Waals surface area contributed by atoms with Crippen molar-refractivity contribution < 1.29 is 4.79 Å². The standard InChI is InChI=1S/C13H19N3OS/c1-8-7-18-13(14-8)16-12(17)11-6-9-4-2-3-5-10(9)15-11/h7,9-11,15H,2-6H2,1H3,(H,14,16,17). The molecule has 1 saturated heterocycles. The molecule has 3 rings (SSSR count). The second-order valence-corrected chi connectivity index (χ2v) is 6.25. The monoisotopic (exact) mass is 265 g/mol. The maximum absolute atomic E-state index is 12.2. The Hall–Kier alpha value is -0.940. The van der Waals surface area contributed by atoms with E-state index in [4.69, 9.17) is 0 Å². The lowest BCUT2D eigenvalue weighted by Crippen LogP contribution is -2.39. The zero-order valence-corrected chi connectivity index (χ0v) is 11.4. The van der Waals surface area contributed by atoms with Crippen LogP contribution in [-0.4, -0.2) is 23.0 Å². The van der Waals surface area contributed by atoms with Crippen molar-refractivity contribution in [1.82, 2.24) is 10.3 Å². The van der Waals surface area contributed by atoms with E-state index in [1.807, 2.05) is 12.3 Å². The Morgan fingerprint density at radius 1 is 1.50 bits per heavy atom. The smallest absolute Gasteiger partial charge is 0.243 e. The zero-order chi connectivity index (χ0) is 12.5. The van der Waals surface area contributed by atoms with Gasteiger partial charge in [0, 0.05) is 11.4 Å². The number of nitrogens with zero attached hydrogens (tertiary/aromatic N) is 1. The van der Waals surface area contributed by atoms with Gasteiger partial charge in [-0.3, -0.25) is 4.79 Å². The number of rotatable bonds is 2. The minimum atomic E-state index is -0.0256. The third kappa shape index (κ3) is 2.42. The van der Waals surface area contributed by atoms with Crippen LogP contribution in [0.3, 0.4) is 0 Å². The summed E-state index contributed by atoms with van der Waals surface area (Å²) in [5, 5.41) is 9.08. The fourth-order valence-electron chi connectivity index (χ4n) is 3.13. The Balaban J connectivity index is 1.60. The van der Waals surface area contributed by atoms with Gasteiger partial charge in [-0.1, -0.05) is 12.8 Å². The van der Waals surface area contributed by atoms with Crippen LogP contribution in [0.15, 0.2) is 5.38 Å². The molecule has 2 heterocycles. The van der Waals surface area contributed by atoms with E-state index in [-0.39, 0.29) is 11.9 Å². The van der Waals surface area contributed by atoms with Crippen LogP contribution in [0.25, 0.3) is 0 Å². The van der Waals surface area contributed by atoms with Gasteiger partial charge < -0.3 is 10.6 Å². The van der Waals surface area contributed by atoms with Gasteiger partial charge >= 0.3 is 0 Å². The molecule has 18 heavy (non-hydrogen) atoms. The van der Waals surface area contributed by atoms with Gasteiger partial charge in [0.15, 0.2) is 5.13 Å². The lowest BCUT2D eigenvalue weighted by atomic mass is 9.85. The summed E-state index contributed by atoms with van der Waals surface area (Å²) in [5.41, 5.74) is 0.961. The molecule has 3 atom stereocenters. The van der Waals surface area contributed by atoms with Crippen LogP contribution in [0.4, 0.5) is 5.13 Å². The number of amides is 1. The average molecular weight is 265 g/mol. The van der Waals surface area contributed by atoms with E-state index in [0.717, 1.165) is 12.1 Å². The molecular weight excluding hydrogens is 246 g/mol. The minimum Gasteiger partial charge on any atom is -0.303 e. The number of hydrogen-bond acceptors (Lipinski definition) is 4. The average Bonchev–Trinajstić information content (AvgIpc) is 2.95. The molecule has 1 aromatic heterocycles. The van der Waals surface area contributed by atoms with Gasteiger partial charge in [0.05, 0.1) is 11.7 Å². The van der Waals surface area contributed by atoms with Crippen molar-refractivity contribution in [3.8, 4) is 0 Å². The Bertz CT molecular complexity index is 431. The van der Waals surface area contributed by atoms with Crippen molar-refractivity contribution in [2.45, 2.75) is 51.1 Å². The highest BCUT2D eigenvalue weighted by Gasteiger charge is 2.38. The summed E-state index contributed by atoms with van der Waals surface area (Å²) in [6.45, 7) is 1.94. The van der Waals surface area contributed by atoms with E-state index in [0.29, 0.717) is 17.1 Å². The number of hydrogen-bond donors (Lipinski definition) is 2. The number of thiazole rings is 1. The number of fused-ring (bicyclic) bond motifs is 1. The highest BCUT2D eigenvalue weighted by molar-refractivity contribution is 7.13. The van der Waals surface area contributed by atoms with Crippen LogP contribution in [0.1, 0.15) is 37.8 Å². The Kier molecular flexibility index (Phi) is 3.35. The minimum absolute atomic E-state index is 0.0256. The molecule has 1 aliphatic carbocycles. The van der Waals surface area contributed by atoms with E-state index in [1.165, 1.54) is 37.0 Å². The van der Waals surface area contributed by atoms with E-state index in [9.17, 15) is 4.79 Å². The predicted molar refractivity (Wildman–Crippen MR) is 72.8 cm³/mol. The molecule has 0 bridgehead atoms. The summed E-state index contributed by atoms with van der Waals surface area (Å²) >= 11 is 1.49. The van der Waals surface area contributed by atoms with Crippen molar-refractivity contribution >= 4 is 22.4 Å². The first-order chi connectivity index (χ1) is 8.72. The predicted octanol–water partition coefficient (Wildman–Crippen LogP) is 2.31. The Morgan fingerprint density at radius 2 is 2.33 bits per heavy atom. The number of aromatic nitrogens is 1. The fourth-order valence-corrected chi connectivity index (χ4v) is 3.82. The summed E-state index contributed by atoms with van der Waals surface area (Å²) in [4.78, 5) is 16.4. The first-order valence-electron chi connectivity index (χ1n) is 6.71. The van der Waals surface area contributed by atoms with Crippen molar-refractivity contribution in [1.29, 1.82) is 0 Å². The van der Waals surface area contributed by atoms with Crippen LogP contribution >= 0.6 is 11.3 Å². The van der Waals surface area contributed by atoms with Gasteiger partial charge in [0.2, 0.25) is 5.91 Å². The molecule has 0 spiro atoms. The summed E-state index contributed by atoms with van der Waals surface area (Å²) in [6, 6.07) is 0.537. The molecule has 2 fully saturated rings. The Labute approximate surface area is 111 Å². The lowest BCUT2D eigenvalue weighted by Gasteiger charge is -2.24. The summed E-state index contributed by atoms with van der Waals surface area (Å²) in [7, 11) is 0. The maximum Gasteiger partial charge on any atom is 0.243 e. The first kappa shape index (κ1) is 12.1. The van der Waals surface area contributed by atoms with Crippen LogP contribution in [0.2, 0.25) is 0 Å². The van der Waals surface area contributed by atoms with Gasteiger partial charge in [-0.15, -0.1) is 11.3 Å². The van der Waals surface area contributed by atoms with Crippen molar-refractivity contribution in [3.05, 3.63) is 11.1 Å². The molecule has 1 amide bonds. The molecular formula is C13H19N3OS. The van der Waals surface area contributed by atoms with Crippen molar-refractivity contribution in [3.63, 3.8) is 0 Å². The van der Waals surface area contributed by atoms with Gasteiger partial charge in [-0.2, -0.15) is 0 Å². The highest BCUT2D eigenvalue weighted by atomic mass is 32.1. The number of carbonyl (C=O) groups is 1. The topological polar surface area (TPSA) is 54.0 Å². The SMILES string of the molecule is Cc1csc(NC(=O)C2CC3CCCCC3N2)n1. The molecule has 2 aliphatic rings. The van der Waals surface area contributed by atoms with Gasteiger partial charge in [0.25, 0.3) is 0 Å². The molecule has 98 valence electrons. The van der Waals surface area contributed by atoms with Crippen LogP contribution in [-0.2, 0) is 4.79 Å².